The van der Waals surface area contributed by atoms with Gasteiger partial charge in [0.2, 0.25) is 0 Å². The van der Waals surface area contributed by atoms with Gasteiger partial charge in [0.25, 0.3) is 0 Å². The number of anilines is 1. The zero-order valence-corrected chi connectivity index (χ0v) is 13.4. The predicted octanol–water partition coefficient (Wildman–Crippen LogP) is 4.65. The molecule has 0 unspecified atom stereocenters. The van der Waals surface area contributed by atoms with Gasteiger partial charge in [0.05, 0.1) is 15.8 Å². The number of thiophene rings is 1. The Balaban J connectivity index is 1.99. The summed E-state index contributed by atoms with van der Waals surface area (Å²) in [6.07, 6.45) is -4.36. The summed E-state index contributed by atoms with van der Waals surface area (Å²) < 4.78 is 40.3. The van der Waals surface area contributed by atoms with Crippen LogP contribution in [0.2, 0.25) is 0 Å². The van der Waals surface area contributed by atoms with E-state index in [1.54, 1.807) is 24.9 Å². The molecule has 0 saturated heterocycles. The van der Waals surface area contributed by atoms with E-state index in [2.05, 4.69) is 9.97 Å². The van der Waals surface area contributed by atoms with E-state index in [1.807, 2.05) is 11.4 Å². The first-order valence-electron chi connectivity index (χ1n) is 6.94. The Bertz CT molecular complexity index is 842. The van der Waals surface area contributed by atoms with Gasteiger partial charge < -0.3 is 4.90 Å². The molecule has 0 aliphatic heterocycles. The number of alkyl halides is 3. The monoisotopic (exact) mass is 337 g/mol. The molecule has 2 aromatic heterocycles. The van der Waals surface area contributed by atoms with Gasteiger partial charge in [-0.15, -0.1) is 11.3 Å². The van der Waals surface area contributed by atoms with Crippen molar-refractivity contribution in [3.63, 3.8) is 0 Å². The topological polar surface area (TPSA) is 29.0 Å². The average molecular weight is 337 g/mol. The molecule has 3 rings (SSSR count). The SMILES string of the molecule is Cc1nc(N(C)Cc2ccccc2C(F)(F)F)c2sccc2n1. The maximum atomic E-state index is 13.1. The molecular weight excluding hydrogens is 323 g/mol. The van der Waals surface area contributed by atoms with Gasteiger partial charge in [0.15, 0.2) is 0 Å². The Morgan fingerprint density at radius 3 is 2.61 bits per heavy atom. The second-order valence-corrected chi connectivity index (χ2v) is 6.16. The molecule has 0 spiro atoms. The summed E-state index contributed by atoms with van der Waals surface area (Å²) in [6.45, 7) is 1.90. The smallest absolute Gasteiger partial charge is 0.354 e. The van der Waals surface area contributed by atoms with E-state index in [4.69, 9.17) is 0 Å². The van der Waals surface area contributed by atoms with Crippen LogP contribution >= 0.6 is 11.3 Å². The maximum absolute atomic E-state index is 13.1. The summed E-state index contributed by atoms with van der Waals surface area (Å²) >= 11 is 1.48. The highest BCUT2D eigenvalue weighted by molar-refractivity contribution is 7.17. The molecule has 0 fully saturated rings. The fourth-order valence-corrected chi connectivity index (χ4v) is 3.36. The highest BCUT2D eigenvalue weighted by atomic mass is 32.1. The molecule has 2 heterocycles. The Hall–Kier alpha value is -2.15. The molecule has 0 amide bonds. The van der Waals surface area contributed by atoms with Crippen LogP contribution < -0.4 is 4.90 Å². The number of hydrogen-bond acceptors (Lipinski definition) is 4. The van der Waals surface area contributed by atoms with Crippen LogP contribution in [0.4, 0.5) is 19.0 Å². The minimum Gasteiger partial charge on any atom is -0.354 e. The van der Waals surface area contributed by atoms with Gasteiger partial charge in [-0.25, -0.2) is 9.97 Å². The first-order valence-corrected chi connectivity index (χ1v) is 7.82. The average Bonchev–Trinajstić information content (AvgIpc) is 2.93. The third kappa shape index (κ3) is 3.14. The van der Waals surface area contributed by atoms with Crippen LogP contribution in [0.5, 0.6) is 0 Å². The van der Waals surface area contributed by atoms with Gasteiger partial charge in [0, 0.05) is 13.6 Å². The van der Waals surface area contributed by atoms with Crippen molar-refractivity contribution < 1.29 is 13.2 Å². The zero-order valence-electron chi connectivity index (χ0n) is 12.6. The van der Waals surface area contributed by atoms with Crippen LogP contribution in [0.15, 0.2) is 35.7 Å². The molecule has 23 heavy (non-hydrogen) atoms. The number of benzene rings is 1. The van der Waals surface area contributed by atoms with E-state index in [-0.39, 0.29) is 12.1 Å². The Morgan fingerprint density at radius 1 is 1.13 bits per heavy atom. The van der Waals surface area contributed by atoms with Gasteiger partial charge in [-0.1, -0.05) is 18.2 Å². The van der Waals surface area contributed by atoms with Crippen molar-refractivity contribution in [2.45, 2.75) is 19.6 Å². The lowest BCUT2D eigenvalue weighted by atomic mass is 10.1. The molecule has 3 aromatic rings. The predicted molar refractivity (Wildman–Crippen MR) is 85.7 cm³/mol. The molecule has 7 heteroatoms. The summed E-state index contributed by atoms with van der Waals surface area (Å²) in [5, 5.41) is 1.90. The molecule has 0 radical (unpaired) electrons. The van der Waals surface area contributed by atoms with Gasteiger partial charge in [0.1, 0.15) is 11.6 Å². The van der Waals surface area contributed by atoms with E-state index >= 15 is 0 Å². The Morgan fingerprint density at radius 2 is 1.87 bits per heavy atom. The van der Waals surface area contributed by atoms with Gasteiger partial charge >= 0.3 is 6.18 Å². The number of hydrogen-bond donors (Lipinski definition) is 0. The lowest BCUT2D eigenvalue weighted by Gasteiger charge is -2.21. The maximum Gasteiger partial charge on any atom is 0.416 e. The fourth-order valence-electron chi connectivity index (χ4n) is 2.49. The third-order valence-corrected chi connectivity index (χ3v) is 4.39. The summed E-state index contributed by atoms with van der Waals surface area (Å²) in [5.74, 6) is 1.25. The second-order valence-electron chi connectivity index (χ2n) is 5.24. The van der Waals surface area contributed by atoms with Crippen molar-refractivity contribution in [3.05, 3.63) is 52.7 Å². The van der Waals surface area contributed by atoms with Crippen LogP contribution in [-0.4, -0.2) is 17.0 Å². The highest BCUT2D eigenvalue weighted by Crippen LogP contribution is 2.34. The number of nitrogens with zero attached hydrogens (tertiary/aromatic N) is 3. The minimum atomic E-state index is -4.36. The molecule has 0 bridgehead atoms. The molecule has 0 aliphatic rings. The molecule has 0 saturated carbocycles. The van der Waals surface area contributed by atoms with Crippen molar-refractivity contribution in [3.8, 4) is 0 Å². The third-order valence-electron chi connectivity index (χ3n) is 3.49. The van der Waals surface area contributed by atoms with Gasteiger partial charge in [-0.2, -0.15) is 13.2 Å². The second kappa shape index (κ2) is 5.81. The van der Waals surface area contributed by atoms with E-state index in [0.29, 0.717) is 11.6 Å². The van der Waals surface area contributed by atoms with Crippen LogP contribution in [0.1, 0.15) is 17.0 Å². The molecule has 0 aliphatic carbocycles. The van der Waals surface area contributed by atoms with Crippen molar-refractivity contribution in [2.75, 3.05) is 11.9 Å². The standard InChI is InChI=1S/C16H14F3N3S/c1-10-20-13-7-8-23-14(13)15(21-10)22(2)9-11-5-3-4-6-12(11)16(17,18)19/h3-8H,9H2,1-2H3. The molecule has 1 aromatic carbocycles. The van der Waals surface area contributed by atoms with E-state index in [0.717, 1.165) is 16.3 Å². The van der Waals surface area contributed by atoms with Gasteiger partial charge in [-0.3, -0.25) is 0 Å². The molecule has 0 N–H and O–H groups in total. The van der Waals surface area contributed by atoms with Crippen LogP contribution in [0.25, 0.3) is 10.2 Å². The van der Waals surface area contributed by atoms with Crippen molar-refractivity contribution in [2.24, 2.45) is 0 Å². The Labute approximate surface area is 135 Å². The molecule has 120 valence electrons. The number of aromatic nitrogens is 2. The van der Waals surface area contributed by atoms with E-state index in [9.17, 15) is 13.2 Å². The fraction of sp³-hybridized carbons (Fsp3) is 0.250. The number of halogens is 3. The van der Waals surface area contributed by atoms with Crippen molar-refractivity contribution >= 4 is 27.4 Å². The first-order chi connectivity index (χ1) is 10.9. The molecular formula is C16H14F3N3S. The number of rotatable bonds is 3. The van der Waals surface area contributed by atoms with Gasteiger partial charge in [-0.05, 0) is 30.0 Å². The largest absolute Gasteiger partial charge is 0.416 e. The first kappa shape index (κ1) is 15.7. The quantitative estimate of drug-likeness (QED) is 0.696. The minimum absolute atomic E-state index is 0.124. The van der Waals surface area contributed by atoms with Crippen LogP contribution in [-0.2, 0) is 12.7 Å². The molecule has 0 atom stereocenters. The van der Waals surface area contributed by atoms with E-state index < -0.39 is 11.7 Å². The van der Waals surface area contributed by atoms with Crippen LogP contribution in [0, 0.1) is 6.92 Å². The summed E-state index contributed by atoms with van der Waals surface area (Å²) in [5.41, 5.74) is 0.428. The van der Waals surface area contributed by atoms with Crippen LogP contribution in [0.3, 0.4) is 0 Å². The lowest BCUT2D eigenvalue weighted by molar-refractivity contribution is -0.138. The van der Waals surface area contributed by atoms with Crippen molar-refractivity contribution in [1.29, 1.82) is 0 Å². The highest BCUT2D eigenvalue weighted by Gasteiger charge is 2.33. The number of aryl methyl sites for hydroxylation is 1. The summed E-state index contributed by atoms with van der Waals surface area (Å²) in [4.78, 5) is 10.5. The lowest BCUT2D eigenvalue weighted by Crippen LogP contribution is -2.21. The summed E-state index contributed by atoms with van der Waals surface area (Å²) in [6, 6.07) is 7.51. The van der Waals surface area contributed by atoms with E-state index in [1.165, 1.54) is 23.5 Å². The van der Waals surface area contributed by atoms with Crippen molar-refractivity contribution in [1.82, 2.24) is 9.97 Å². The number of fused-ring (bicyclic) bond motifs is 1. The zero-order chi connectivity index (χ0) is 16.6. The molecule has 3 nitrogen and oxygen atoms in total. The summed E-state index contributed by atoms with van der Waals surface area (Å²) in [7, 11) is 1.74. The normalized spacial score (nSPS) is 11.9. The Kier molecular flexibility index (Phi) is 3.97.